The van der Waals surface area contributed by atoms with Crippen molar-refractivity contribution in [2.75, 3.05) is 38.7 Å². The van der Waals surface area contributed by atoms with E-state index in [1.165, 1.54) is 0 Å². The average molecular weight is 402 g/mol. The van der Waals surface area contributed by atoms with Crippen LogP contribution in [-0.2, 0) is 19.1 Å². The number of likely N-dealkylation sites (tertiary alicyclic amines) is 1. The molecule has 0 spiro atoms. The lowest BCUT2D eigenvalue weighted by Crippen LogP contribution is -2.42. The Kier molecular flexibility index (Phi) is 7.01. The van der Waals surface area contributed by atoms with Crippen LogP contribution in [0.5, 0.6) is 5.75 Å². The van der Waals surface area contributed by atoms with Crippen LogP contribution in [0, 0.1) is 12.8 Å². The zero-order chi connectivity index (χ0) is 20.8. The van der Waals surface area contributed by atoms with Crippen LogP contribution in [0.25, 0.3) is 0 Å². The highest BCUT2D eigenvalue weighted by Gasteiger charge is 2.29. The molecule has 7 heteroatoms. The van der Waals surface area contributed by atoms with Gasteiger partial charge in [-0.25, -0.2) is 0 Å². The molecule has 2 heterocycles. The van der Waals surface area contributed by atoms with Crippen LogP contribution in [0.1, 0.15) is 38.2 Å². The van der Waals surface area contributed by atoms with Gasteiger partial charge in [0.05, 0.1) is 7.11 Å². The van der Waals surface area contributed by atoms with E-state index >= 15 is 0 Å². The van der Waals surface area contributed by atoms with Crippen molar-refractivity contribution in [3.63, 3.8) is 0 Å². The smallest absolute Gasteiger partial charge is 0.292 e. The van der Waals surface area contributed by atoms with Gasteiger partial charge in [0.25, 0.3) is 5.91 Å². The van der Waals surface area contributed by atoms with Crippen molar-refractivity contribution in [1.82, 2.24) is 4.90 Å². The number of ether oxygens (including phenoxy) is 3. The number of hydrogen-bond donors (Lipinski definition) is 1. The molecule has 1 fully saturated rings. The van der Waals surface area contributed by atoms with Gasteiger partial charge in [-0.1, -0.05) is 0 Å². The molecule has 1 aromatic rings. The molecule has 0 radical (unpaired) electrons. The Bertz CT molecular complexity index is 789. The molecule has 0 bridgehead atoms. The van der Waals surface area contributed by atoms with Crippen molar-refractivity contribution in [3.8, 4) is 5.75 Å². The van der Waals surface area contributed by atoms with E-state index in [-0.39, 0.29) is 11.8 Å². The number of carbonyl (C=O) groups excluding carboxylic acids is 2. The van der Waals surface area contributed by atoms with Crippen molar-refractivity contribution >= 4 is 17.5 Å². The molecule has 2 amide bonds. The van der Waals surface area contributed by atoms with Crippen molar-refractivity contribution in [2.24, 2.45) is 5.92 Å². The van der Waals surface area contributed by atoms with Crippen LogP contribution in [-0.4, -0.2) is 50.1 Å². The van der Waals surface area contributed by atoms with Gasteiger partial charge >= 0.3 is 0 Å². The van der Waals surface area contributed by atoms with Gasteiger partial charge in [-0.15, -0.1) is 0 Å². The number of allylic oxidation sites excluding steroid dienone is 1. The largest absolute Gasteiger partial charge is 0.497 e. The van der Waals surface area contributed by atoms with Gasteiger partial charge in [0, 0.05) is 25.2 Å². The predicted molar refractivity (Wildman–Crippen MR) is 110 cm³/mol. The summed E-state index contributed by atoms with van der Waals surface area (Å²) in [7, 11) is 1.62. The summed E-state index contributed by atoms with van der Waals surface area (Å²) in [6, 6.07) is 5.59. The molecule has 1 atom stereocenters. The number of nitrogens with zero attached hydrogens (tertiary/aromatic N) is 1. The molecule has 2 aliphatic rings. The number of piperidine rings is 1. The monoisotopic (exact) mass is 402 g/mol. The molecule has 7 nitrogen and oxygen atoms in total. The minimum atomic E-state index is -0.106. The Morgan fingerprint density at radius 2 is 2.03 bits per heavy atom. The Morgan fingerprint density at radius 3 is 2.76 bits per heavy atom. The van der Waals surface area contributed by atoms with E-state index in [2.05, 4.69) is 5.32 Å². The summed E-state index contributed by atoms with van der Waals surface area (Å²) in [5, 5.41) is 2.97. The summed E-state index contributed by atoms with van der Waals surface area (Å²) in [5.74, 6) is 1.84. The van der Waals surface area contributed by atoms with Gasteiger partial charge < -0.3 is 24.4 Å². The second-order valence-corrected chi connectivity index (χ2v) is 7.61. The van der Waals surface area contributed by atoms with Gasteiger partial charge in [0.2, 0.25) is 11.7 Å². The van der Waals surface area contributed by atoms with Gasteiger partial charge in [0.15, 0.2) is 0 Å². The molecule has 1 saturated heterocycles. The Morgan fingerprint density at radius 1 is 1.24 bits per heavy atom. The number of anilines is 1. The fourth-order valence-corrected chi connectivity index (χ4v) is 3.80. The Labute approximate surface area is 172 Å². The number of rotatable bonds is 6. The molecular formula is C22H30N2O5. The zero-order valence-corrected chi connectivity index (χ0v) is 17.5. The molecule has 1 aromatic carbocycles. The van der Waals surface area contributed by atoms with Gasteiger partial charge in [-0.3, -0.25) is 9.59 Å². The third-order valence-electron chi connectivity index (χ3n) is 5.46. The second kappa shape index (κ2) is 9.67. The first-order valence-electron chi connectivity index (χ1n) is 10.2. The van der Waals surface area contributed by atoms with Crippen LogP contribution in [0.4, 0.5) is 5.69 Å². The minimum Gasteiger partial charge on any atom is -0.497 e. The molecule has 1 unspecified atom stereocenters. The molecule has 1 N–H and O–H groups in total. The first-order valence-corrected chi connectivity index (χ1v) is 10.2. The van der Waals surface area contributed by atoms with Crippen LogP contribution < -0.4 is 10.1 Å². The maximum atomic E-state index is 12.8. The quantitative estimate of drug-likeness (QED) is 0.790. The average Bonchev–Trinajstić information content (AvgIpc) is 2.74. The molecule has 158 valence electrons. The molecule has 3 rings (SSSR count). The first kappa shape index (κ1) is 21.0. The maximum absolute atomic E-state index is 12.8. The molecular weight excluding hydrogens is 372 g/mol. The highest BCUT2D eigenvalue weighted by atomic mass is 16.6. The fraction of sp³-hybridized carbons (Fsp3) is 0.545. The Balaban J connectivity index is 1.50. The van der Waals surface area contributed by atoms with E-state index in [9.17, 15) is 9.59 Å². The lowest BCUT2D eigenvalue weighted by atomic mass is 9.93. The van der Waals surface area contributed by atoms with Crippen LogP contribution in [0.2, 0.25) is 0 Å². The number of carbonyl (C=O) groups is 2. The number of amides is 2. The van der Waals surface area contributed by atoms with E-state index in [0.717, 1.165) is 36.3 Å². The SMILES string of the molecule is COc1ccc(NC(=O)CCC2CCCN(C(=O)C3=C(C)OCCO3)C2)c(C)c1. The van der Waals surface area contributed by atoms with Crippen LogP contribution >= 0.6 is 0 Å². The van der Waals surface area contributed by atoms with E-state index in [1.807, 2.05) is 30.0 Å². The third-order valence-corrected chi connectivity index (χ3v) is 5.46. The van der Waals surface area contributed by atoms with E-state index < -0.39 is 0 Å². The zero-order valence-electron chi connectivity index (χ0n) is 17.5. The maximum Gasteiger partial charge on any atom is 0.292 e. The summed E-state index contributed by atoms with van der Waals surface area (Å²) in [6.45, 7) is 5.95. The number of hydrogen-bond acceptors (Lipinski definition) is 5. The van der Waals surface area contributed by atoms with Crippen LogP contribution in [0.3, 0.4) is 0 Å². The number of aryl methyl sites for hydroxylation is 1. The third kappa shape index (κ3) is 5.43. The normalized spacial score (nSPS) is 19.3. The van der Waals surface area contributed by atoms with E-state index in [1.54, 1.807) is 14.0 Å². The van der Waals surface area contributed by atoms with Gasteiger partial charge in [-0.2, -0.15) is 0 Å². The topological polar surface area (TPSA) is 77.1 Å². The van der Waals surface area contributed by atoms with Crippen molar-refractivity contribution < 1.29 is 23.8 Å². The first-order chi connectivity index (χ1) is 14.0. The van der Waals surface area contributed by atoms with Crippen molar-refractivity contribution in [1.29, 1.82) is 0 Å². The van der Waals surface area contributed by atoms with Crippen molar-refractivity contribution in [3.05, 3.63) is 35.3 Å². The molecule has 2 aliphatic heterocycles. The highest BCUT2D eigenvalue weighted by Crippen LogP contribution is 2.25. The summed E-state index contributed by atoms with van der Waals surface area (Å²) in [6.07, 6.45) is 3.14. The summed E-state index contributed by atoms with van der Waals surface area (Å²) in [5.41, 5.74) is 1.76. The molecule has 0 aliphatic carbocycles. The lowest BCUT2D eigenvalue weighted by Gasteiger charge is -2.34. The summed E-state index contributed by atoms with van der Waals surface area (Å²) < 4.78 is 16.2. The predicted octanol–water partition coefficient (Wildman–Crippen LogP) is 3.24. The molecule has 0 aromatic heterocycles. The minimum absolute atomic E-state index is 0.00992. The van der Waals surface area contributed by atoms with Gasteiger partial charge in [0.1, 0.15) is 24.7 Å². The van der Waals surface area contributed by atoms with Gasteiger partial charge in [-0.05, 0) is 62.8 Å². The summed E-state index contributed by atoms with van der Waals surface area (Å²) >= 11 is 0. The van der Waals surface area contributed by atoms with E-state index in [4.69, 9.17) is 14.2 Å². The van der Waals surface area contributed by atoms with Crippen molar-refractivity contribution in [2.45, 2.75) is 39.5 Å². The van der Waals surface area contributed by atoms with Crippen LogP contribution in [0.15, 0.2) is 29.7 Å². The highest BCUT2D eigenvalue weighted by molar-refractivity contribution is 5.92. The molecule has 29 heavy (non-hydrogen) atoms. The fourth-order valence-electron chi connectivity index (χ4n) is 3.80. The number of nitrogens with one attached hydrogen (secondary N) is 1. The second-order valence-electron chi connectivity index (χ2n) is 7.61. The lowest BCUT2D eigenvalue weighted by molar-refractivity contribution is -0.134. The molecule has 0 saturated carbocycles. The number of benzene rings is 1. The Hall–Kier alpha value is -2.70. The summed E-state index contributed by atoms with van der Waals surface area (Å²) in [4.78, 5) is 27.0. The standard InChI is InChI=1S/C22H30N2O5/c1-15-13-18(27-3)7-8-19(15)23-20(25)9-6-17-5-4-10-24(14-17)22(26)21-16(2)28-11-12-29-21/h7-8,13,17H,4-6,9-12,14H2,1-3H3,(H,23,25). The van der Waals surface area contributed by atoms with E-state index in [0.29, 0.717) is 50.2 Å². The number of methoxy groups -OCH3 is 1.